The van der Waals surface area contributed by atoms with Crippen molar-refractivity contribution in [1.82, 2.24) is 4.98 Å². The van der Waals surface area contributed by atoms with Crippen LogP contribution < -0.4 is 4.73 Å². The molecule has 0 aliphatic carbocycles. The van der Waals surface area contributed by atoms with Crippen molar-refractivity contribution in [2.45, 2.75) is 0 Å². The summed E-state index contributed by atoms with van der Waals surface area (Å²) in [5.74, 6) is 0. The zero-order valence-corrected chi connectivity index (χ0v) is 12.3. The Labute approximate surface area is 132 Å². The fourth-order valence-corrected chi connectivity index (χ4v) is 2.35. The molecule has 0 aliphatic rings. The summed E-state index contributed by atoms with van der Waals surface area (Å²) in [6.45, 7) is 0. The van der Waals surface area contributed by atoms with E-state index in [1.54, 1.807) is 36.4 Å². The van der Waals surface area contributed by atoms with Gasteiger partial charge >= 0.3 is 0 Å². The predicted molar refractivity (Wildman–Crippen MR) is 84.1 cm³/mol. The van der Waals surface area contributed by atoms with E-state index in [2.05, 4.69) is 4.98 Å². The second-order valence-corrected chi connectivity index (χ2v) is 5.34. The third-order valence-electron chi connectivity index (χ3n) is 3.09. The molecule has 0 spiro atoms. The third kappa shape index (κ3) is 2.84. The summed E-state index contributed by atoms with van der Waals surface area (Å²) in [4.78, 5) is 4.34. The maximum atomic E-state index is 12.2. The molecule has 0 atom stereocenters. The molecule has 0 bridgehead atoms. The Hall–Kier alpha value is -2.10. The van der Waals surface area contributed by atoms with Gasteiger partial charge in [0, 0.05) is 21.2 Å². The molecule has 3 nitrogen and oxygen atoms in total. The molecule has 0 N–H and O–H groups in total. The van der Waals surface area contributed by atoms with Crippen LogP contribution in [0.1, 0.15) is 0 Å². The van der Waals surface area contributed by atoms with Crippen molar-refractivity contribution in [3.63, 3.8) is 0 Å². The van der Waals surface area contributed by atoms with Crippen LogP contribution in [0.15, 0.2) is 60.9 Å². The number of halogens is 2. The highest BCUT2D eigenvalue weighted by Crippen LogP contribution is 2.28. The van der Waals surface area contributed by atoms with E-state index in [1.807, 2.05) is 12.1 Å². The SMILES string of the molecule is [O-][n+]1ccnc(-c2ccc(Cl)cc2)c1-c1ccc(Cl)cc1. The van der Waals surface area contributed by atoms with E-state index in [1.165, 1.54) is 12.4 Å². The van der Waals surface area contributed by atoms with Gasteiger partial charge in [-0.2, -0.15) is 4.73 Å². The van der Waals surface area contributed by atoms with E-state index >= 15 is 0 Å². The molecular formula is C16H10Cl2N2O. The Morgan fingerprint density at radius 2 is 1.33 bits per heavy atom. The van der Waals surface area contributed by atoms with Gasteiger partial charge in [-0.05, 0) is 36.4 Å². The average Bonchev–Trinajstić information content (AvgIpc) is 2.49. The number of hydrogen-bond donors (Lipinski definition) is 0. The van der Waals surface area contributed by atoms with E-state index in [9.17, 15) is 5.21 Å². The minimum absolute atomic E-state index is 0.483. The predicted octanol–water partition coefficient (Wildman–Crippen LogP) is 4.36. The lowest BCUT2D eigenvalue weighted by Crippen LogP contribution is -2.29. The van der Waals surface area contributed by atoms with Gasteiger partial charge in [0.2, 0.25) is 5.69 Å². The lowest BCUT2D eigenvalue weighted by molar-refractivity contribution is -0.593. The molecule has 3 rings (SSSR count). The Morgan fingerprint density at radius 3 is 1.90 bits per heavy atom. The summed E-state index contributed by atoms with van der Waals surface area (Å²) in [6.07, 6.45) is 2.86. The fraction of sp³-hybridized carbons (Fsp3) is 0. The largest absolute Gasteiger partial charge is 0.618 e. The number of rotatable bonds is 2. The summed E-state index contributed by atoms with van der Waals surface area (Å²) >= 11 is 11.8. The van der Waals surface area contributed by atoms with Crippen LogP contribution in [-0.4, -0.2) is 4.98 Å². The van der Waals surface area contributed by atoms with Gasteiger partial charge in [-0.25, -0.2) is 4.98 Å². The van der Waals surface area contributed by atoms with E-state index in [0.29, 0.717) is 21.4 Å². The standard InChI is InChI=1S/C16H10Cl2N2O/c17-13-5-1-11(2-6-13)15-16(20(21)10-9-19-15)12-3-7-14(18)8-4-12/h1-10H. The van der Waals surface area contributed by atoms with Crippen molar-refractivity contribution in [1.29, 1.82) is 0 Å². The van der Waals surface area contributed by atoms with Gasteiger partial charge in [-0.1, -0.05) is 35.3 Å². The zero-order valence-electron chi connectivity index (χ0n) is 10.8. The van der Waals surface area contributed by atoms with Crippen molar-refractivity contribution < 1.29 is 4.73 Å². The molecule has 0 saturated heterocycles. The second-order valence-electron chi connectivity index (χ2n) is 4.46. The fourth-order valence-electron chi connectivity index (χ4n) is 2.10. The molecule has 104 valence electrons. The summed E-state index contributed by atoms with van der Waals surface area (Å²) < 4.78 is 0.806. The first-order valence-corrected chi connectivity index (χ1v) is 7.01. The average molecular weight is 317 g/mol. The highest BCUT2D eigenvalue weighted by atomic mass is 35.5. The van der Waals surface area contributed by atoms with E-state index < -0.39 is 0 Å². The van der Waals surface area contributed by atoms with Crippen LogP contribution in [0.5, 0.6) is 0 Å². The topological polar surface area (TPSA) is 39.8 Å². The first-order chi connectivity index (χ1) is 10.1. The Balaban J connectivity index is 2.20. The van der Waals surface area contributed by atoms with Crippen LogP contribution in [0.2, 0.25) is 10.0 Å². The van der Waals surface area contributed by atoms with E-state index in [4.69, 9.17) is 23.2 Å². The summed E-state index contributed by atoms with van der Waals surface area (Å²) in [6, 6.07) is 14.3. The molecule has 3 aromatic rings. The Kier molecular flexibility index (Phi) is 3.78. The Bertz CT molecular complexity index is 771. The first kappa shape index (κ1) is 13.9. The summed E-state index contributed by atoms with van der Waals surface area (Å²) in [7, 11) is 0. The quantitative estimate of drug-likeness (QED) is 0.520. The molecule has 2 aromatic carbocycles. The van der Waals surface area contributed by atoms with Gasteiger partial charge in [0.15, 0.2) is 6.20 Å². The lowest BCUT2D eigenvalue weighted by atomic mass is 10.0. The molecule has 0 aliphatic heterocycles. The van der Waals surface area contributed by atoms with E-state index in [-0.39, 0.29) is 0 Å². The van der Waals surface area contributed by atoms with Crippen LogP contribution in [0.25, 0.3) is 22.5 Å². The normalized spacial score (nSPS) is 10.6. The minimum atomic E-state index is 0.483. The van der Waals surface area contributed by atoms with Gasteiger partial charge in [0.25, 0.3) is 0 Å². The monoisotopic (exact) mass is 316 g/mol. The lowest BCUT2D eigenvalue weighted by Gasteiger charge is -2.09. The van der Waals surface area contributed by atoms with Crippen molar-refractivity contribution in [2.75, 3.05) is 0 Å². The number of hydrogen-bond acceptors (Lipinski definition) is 2. The maximum Gasteiger partial charge on any atom is 0.250 e. The van der Waals surface area contributed by atoms with Crippen LogP contribution in [-0.2, 0) is 0 Å². The molecule has 0 unspecified atom stereocenters. The number of benzene rings is 2. The summed E-state index contributed by atoms with van der Waals surface area (Å²) in [5.41, 5.74) is 2.67. The first-order valence-electron chi connectivity index (χ1n) is 6.25. The summed E-state index contributed by atoms with van der Waals surface area (Å²) in [5, 5.41) is 13.4. The number of nitrogens with zero attached hydrogens (tertiary/aromatic N) is 2. The maximum absolute atomic E-state index is 12.2. The Morgan fingerprint density at radius 1 is 0.810 bits per heavy atom. The molecule has 0 amide bonds. The molecule has 0 fully saturated rings. The van der Waals surface area contributed by atoms with Crippen molar-refractivity contribution in [3.8, 4) is 22.5 Å². The van der Waals surface area contributed by atoms with Gasteiger partial charge in [-0.3, -0.25) is 0 Å². The molecule has 5 heteroatoms. The van der Waals surface area contributed by atoms with Crippen molar-refractivity contribution in [2.24, 2.45) is 0 Å². The van der Waals surface area contributed by atoms with E-state index in [0.717, 1.165) is 15.9 Å². The van der Waals surface area contributed by atoms with Crippen LogP contribution in [0.4, 0.5) is 0 Å². The zero-order chi connectivity index (χ0) is 14.8. The van der Waals surface area contributed by atoms with Crippen LogP contribution in [0.3, 0.4) is 0 Å². The third-order valence-corrected chi connectivity index (χ3v) is 3.59. The molecule has 0 radical (unpaired) electrons. The highest BCUT2D eigenvalue weighted by Gasteiger charge is 2.18. The second kappa shape index (κ2) is 5.72. The molecular weight excluding hydrogens is 307 g/mol. The van der Waals surface area contributed by atoms with Gasteiger partial charge in [0.1, 0.15) is 5.69 Å². The number of aromatic nitrogens is 2. The molecule has 0 saturated carbocycles. The molecule has 1 heterocycles. The van der Waals surface area contributed by atoms with Gasteiger partial charge < -0.3 is 5.21 Å². The van der Waals surface area contributed by atoms with Crippen molar-refractivity contribution >= 4 is 23.2 Å². The van der Waals surface area contributed by atoms with Crippen LogP contribution in [0, 0.1) is 5.21 Å². The highest BCUT2D eigenvalue weighted by molar-refractivity contribution is 6.31. The molecule has 21 heavy (non-hydrogen) atoms. The van der Waals surface area contributed by atoms with Crippen molar-refractivity contribution in [3.05, 3.63) is 76.2 Å². The van der Waals surface area contributed by atoms with Crippen LogP contribution >= 0.6 is 23.2 Å². The van der Waals surface area contributed by atoms with Gasteiger partial charge in [-0.15, -0.1) is 0 Å². The minimum Gasteiger partial charge on any atom is -0.618 e. The smallest absolute Gasteiger partial charge is 0.250 e. The molecule has 1 aromatic heterocycles. The van der Waals surface area contributed by atoms with Gasteiger partial charge in [0.05, 0.1) is 6.20 Å².